The number of benzene rings is 3. The Hall–Kier alpha value is -4.00. The SMILES string of the molecule is COc1cc(-c2cccc3c2CC2CN(C(C)=O)C(Cc4ccccc4)CN2C3=O)cc2c1OCO2. The summed E-state index contributed by atoms with van der Waals surface area (Å²) >= 11 is 0. The molecule has 0 saturated carbocycles. The third-order valence-corrected chi connectivity index (χ3v) is 7.49. The van der Waals surface area contributed by atoms with E-state index in [-0.39, 0.29) is 30.7 Å². The molecule has 0 N–H and O–H groups in total. The van der Waals surface area contributed by atoms with Crippen molar-refractivity contribution in [3.63, 3.8) is 0 Å². The van der Waals surface area contributed by atoms with Gasteiger partial charge in [0.05, 0.1) is 19.2 Å². The second-order valence-corrected chi connectivity index (χ2v) is 9.57. The molecule has 3 aromatic carbocycles. The zero-order valence-corrected chi connectivity index (χ0v) is 20.4. The Labute approximate surface area is 210 Å². The summed E-state index contributed by atoms with van der Waals surface area (Å²) in [5.74, 6) is 1.90. The van der Waals surface area contributed by atoms with E-state index < -0.39 is 0 Å². The molecule has 1 fully saturated rings. The van der Waals surface area contributed by atoms with E-state index in [9.17, 15) is 9.59 Å². The molecule has 0 aliphatic carbocycles. The third-order valence-electron chi connectivity index (χ3n) is 7.49. The lowest BCUT2D eigenvalue weighted by atomic mass is 9.84. The van der Waals surface area contributed by atoms with Gasteiger partial charge in [-0.3, -0.25) is 9.59 Å². The molecule has 0 spiro atoms. The minimum atomic E-state index is -0.0713. The fourth-order valence-corrected chi connectivity index (χ4v) is 5.77. The highest BCUT2D eigenvalue weighted by molar-refractivity contribution is 5.99. The van der Waals surface area contributed by atoms with Crippen LogP contribution in [-0.2, 0) is 17.6 Å². The molecule has 0 bridgehead atoms. The van der Waals surface area contributed by atoms with Crippen molar-refractivity contribution in [2.45, 2.75) is 31.8 Å². The van der Waals surface area contributed by atoms with E-state index in [1.54, 1.807) is 14.0 Å². The first kappa shape index (κ1) is 22.5. The summed E-state index contributed by atoms with van der Waals surface area (Å²) < 4.78 is 16.7. The van der Waals surface area contributed by atoms with Crippen molar-refractivity contribution in [2.24, 2.45) is 0 Å². The maximum absolute atomic E-state index is 13.8. The first-order valence-electron chi connectivity index (χ1n) is 12.3. The maximum atomic E-state index is 13.8. The summed E-state index contributed by atoms with van der Waals surface area (Å²) in [4.78, 5) is 30.3. The van der Waals surface area contributed by atoms with Gasteiger partial charge in [0.1, 0.15) is 0 Å². The van der Waals surface area contributed by atoms with Crippen LogP contribution in [0.2, 0.25) is 0 Å². The number of methoxy groups -OCH3 is 1. The Morgan fingerprint density at radius 3 is 2.61 bits per heavy atom. The summed E-state index contributed by atoms with van der Waals surface area (Å²) in [5, 5.41) is 0. The number of rotatable bonds is 4. The van der Waals surface area contributed by atoms with E-state index in [1.807, 2.05) is 58.3 Å². The first-order chi connectivity index (χ1) is 17.5. The largest absolute Gasteiger partial charge is 0.493 e. The number of carbonyl (C=O) groups excluding carboxylic acids is 2. The predicted octanol–water partition coefficient (Wildman–Crippen LogP) is 3.93. The van der Waals surface area contributed by atoms with Gasteiger partial charge in [0.2, 0.25) is 18.4 Å². The number of ether oxygens (including phenoxy) is 3. The summed E-state index contributed by atoms with van der Waals surface area (Å²) in [7, 11) is 1.60. The van der Waals surface area contributed by atoms with Gasteiger partial charge in [-0.2, -0.15) is 0 Å². The van der Waals surface area contributed by atoms with Gasteiger partial charge in [-0.05, 0) is 53.3 Å². The van der Waals surface area contributed by atoms with Crippen LogP contribution in [-0.4, -0.2) is 60.7 Å². The minimum absolute atomic E-state index is 0.0251. The van der Waals surface area contributed by atoms with Crippen LogP contribution in [0.3, 0.4) is 0 Å². The Bertz CT molecular complexity index is 1340. The molecular formula is C29H28N2O5. The minimum Gasteiger partial charge on any atom is -0.493 e. The highest BCUT2D eigenvalue weighted by atomic mass is 16.7. The molecule has 2 atom stereocenters. The molecule has 2 unspecified atom stereocenters. The smallest absolute Gasteiger partial charge is 0.254 e. The van der Waals surface area contributed by atoms with Gasteiger partial charge < -0.3 is 24.0 Å². The lowest BCUT2D eigenvalue weighted by Gasteiger charge is -2.48. The van der Waals surface area contributed by atoms with Crippen molar-refractivity contribution in [1.29, 1.82) is 0 Å². The van der Waals surface area contributed by atoms with E-state index >= 15 is 0 Å². The van der Waals surface area contributed by atoms with Crippen LogP contribution in [0.4, 0.5) is 0 Å². The monoisotopic (exact) mass is 484 g/mol. The van der Waals surface area contributed by atoms with Crippen molar-refractivity contribution in [3.05, 3.63) is 77.4 Å². The average Bonchev–Trinajstić information content (AvgIpc) is 3.37. The quantitative estimate of drug-likeness (QED) is 0.561. The third kappa shape index (κ3) is 3.75. The molecule has 36 heavy (non-hydrogen) atoms. The number of piperazine rings is 1. The highest BCUT2D eigenvalue weighted by Gasteiger charge is 2.42. The highest BCUT2D eigenvalue weighted by Crippen LogP contribution is 2.45. The summed E-state index contributed by atoms with van der Waals surface area (Å²) in [6.07, 6.45) is 1.40. The lowest BCUT2D eigenvalue weighted by Crippen LogP contribution is -2.63. The Morgan fingerprint density at radius 2 is 1.83 bits per heavy atom. The second-order valence-electron chi connectivity index (χ2n) is 9.57. The van der Waals surface area contributed by atoms with Crippen molar-refractivity contribution in [3.8, 4) is 28.4 Å². The molecule has 3 aliphatic rings. The van der Waals surface area contributed by atoms with E-state index in [2.05, 4.69) is 12.1 Å². The van der Waals surface area contributed by atoms with Crippen LogP contribution >= 0.6 is 0 Å². The van der Waals surface area contributed by atoms with Gasteiger partial charge >= 0.3 is 0 Å². The van der Waals surface area contributed by atoms with Crippen molar-refractivity contribution >= 4 is 11.8 Å². The van der Waals surface area contributed by atoms with Crippen molar-refractivity contribution in [1.82, 2.24) is 9.80 Å². The number of amides is 2. The van der Waals surface area contributed by atoms with Crippen LogP contribution in [0.25, 0.3) is 11.1 Å². The van der Waals surface area contributed by atoms with Gasteiger partial charge in [-0.25, -0.2) is 0 Å². The molecule has 0 aromatic heterocycles. The van der Waals surface area contributed by atoms with E-state index in [0.29, 0.717) is 36.8 Å². The van der Waals surface area contributed by atoms with Crippen LogP contribution < -0.4 is 14.2 Å². The Morgan fingerprint density at radius 1 is 1.03 bits per heavy atom. The zero-order chi connectivity index (χ0) is 24.8. The lowest BCUT2D eigenvalue weighted by molar-refractivity contribution is -0.134. The topological polar surface area (TPSA) is 68.3 Å². The molecule has 7 nitrogen and oxygen atoms in total. The van der Waals surface area contributed by atoms with Crippen LogP contribution in [0.5, 0.6) is 17.2 Å². The molecule has 184 valence electrons. The van der Waals surface area contributed by atoms with E-state index in [4.69, 9.17) is 14.2 Å². The number of fused-ring (bicyclic) bond motifs is 3. The molecule has 3 aliphatic heterocycles. The van der Waals surface area contributed by atoms with Crippen molar-refractivity contribution < 1.29 is 23.8 Å². The molecule has 7 heteroatoms. The van der Waals surface area contributed by atoms with Gasteiger partial charge in [0.25, 0.3) is 5.91 Å². The molecule has 6 rings (SSSR count). The van der Waals surface area contributed by atoms with Gasteiger partial charge in [-0.15, -0.1) is 0 Å². The first-order valence-corrected chi connectivity index (χ1v) is 12.3. The zero-order valence-electron chi connectivity index (χ0n) is 20.4. The molecule has 2 amide bonds. The number of carbonyl (C=O) groups is 2. The van der Waals surface area contributed by atoms with Crippen LogP contribution in [0.1, 0.15) is 28.4 Å². The Balaban J connectivity index is 1.36. The molecule has 3 heterocycles. The number of nitrogens with zero attached hydrogens (tertiary/aromatic N) is 2. The van der Waals surface area contributed by atoms with Crippen molar-refractivity contribution in [2.75, 3.05) is 27.0 Å². The maximum Gasteiger partial charge on any atom is 0.254 e. The standard InChI is InChI=1S/C29H28N2O5/c1-18(32)30-15-22-14-25-23(20-12-26(34-2)28-27(13-20)35-17-36-28)9-6-10-24(25)29(33)31(22)16-21(30)11-19-7-4-3-5-8-19/h3-10,12-13,21-22H,11,14-17H2,1-2H3. The summed E-state index contributed by atoms with van der Waals surface area (Å²) in [6.45, 7) is 2.83. The van der Waals surface area contributed by atoms with Gasteiger partial charge in [0, 0.05) is 25.6 Å². The predicted molar refractivity (Wildman–Crippen MR) is 134 cm³/mol. The summed E-state index contributed by atoms with van der Waals surface area (Å²) in [6, 6.07) is 19.8. The fourth-order valence-electron chi connectivity index (χ4n) is 5.77. The van der Waals surface area contributed by atoms with E-state index in [1.165, 1.54) is 0 Å². The van der Waals surface area contributed by atoms with Gasteiger partial charge in [-0.1, -0.05) is 42.5 Å². The molecule has 3 aromatic rings. The fraction of sp³-hybridized carbons (Fsp3) is 0.310. The number of hydrogen-bond donors (Lipinski definition) is 0. The van der Waals surface area contributed by atoms with Crippen LogP contribution in [0, 0.1) is 0 Å². The Kier molecular flexibility index (Phi) is 5.55. The molecule has 0 radical (unpaired) electrons. The van der Waals surface area contributed by atoms with Crippen LogP contribution in [0.15, 0.2) is 60.7 Å². The average molecular weight is 485 g/mol. The normalized spacial score (nSPS) is 20.1. The van der Waals surface area contributed by atoms with Gasteiger partial charge in [0.15, 0.2) is 11.5 Å². The second kappa shape index (κ2) is 8.90. The molecular weight excluding hydrogens is 456 g/mol. The summed E-state index contributed by atoms with van der Waals surface area (Å²) in [5.41, 5.74) is 4.76. The molecule has 1 saturated heterocycles. The van der Waals surface area contributed by atoms with E-state index in [0.717, 1.165) is 34.2 Å². The number of hydrogen-bond acceptors (Lipinski definition) is 5.